The van der Waals surface area contributed by atoms with Gasteiger partial charge in [-0.2, -0.15) is 0 Å². The largest absolute Gasteiger partial charge is 0.292 e. The Morgan fingerprint density at radius 1 is 1.20 bits per heavy atom. The summed E-state index contributed by atoms with van der Waals surface area (Å²) in [5, 5.41) is 0. The summed E-state index contributed by atoms with van der Waals surface area (Å²) in [4.78, 5) is 15.1. The average Bonchev–Trinajstić information content (AvgIpc) is 2.65. The van der Waals surface area contributed by atoms with Crippen LogP contribution in [0.1, 0.15) is 61.0 Å². The summed E-state index contributed by atoms with van der Waals surface area (Å²) in [5.74, 6) is 0.266. The smallest absolute Gasteiger partial charge is 0.179 e. The van der Waals surface area contributed by atoms with Crippen molar-refractivity contribution in [2.75, 3.05) is 6.54 Å². The molecule has 20 heavy (non-hydrogen) atoms. The highest BCUT2D eigenvalue weighted by Crippen LogP contribution is 2.21. The van der Waals surface area contributed by atoms with Crippen LogP contribution in [0.5, 0.6) is 0 Å². The van der Waals surface area contributed by atoms with E-state index in [1.165, 1.54) is 36.8 Å². The predicted molar refractivity (Wildman–Crippen MR) is 84.3 cm³/mol. The number of benzene rings is 1. The van der Waals surface area contributed by atoms with Crippen molar-refractivity contribution in [3.05, 3.63) is 34.9 Å². The van der Waals surface area contributed by atoms with E-state index in [2.05, 4.69) is 38.7 Å². The Labute approximate surface area is 123 Å². The molecule has 1 aliphatic rings. The first-order valence-electron chi connectivity index (χ1n) is 7.88. The van der Waals surface area contributed by atoms with Gasteiger partial charge in [0.05, 0.1) is 6.04 Å². The van der Waals surface area contributed by atoms with Crippen LogP contribution in [0, 0.1) is 13.8 Å². The van der Waals surface area contributed by atoms with Gasteiger partial charge in [-0.3, -0.25) is 9.69 Å². The van der Waals surface area contributed by atoms with Crippen LogP contribution in [0.15, 0.2) is 18.2 Å². The highest BCUT2D eigenvalue weighted by atomic mass is 16.1. The molecule has 1 aromatic carbocycles. The molecule has 2 heteroatoms. The van der Waals surface area contributed by atoms with E-state index in [0.717, 1.165) is 12.1 Å². The normalized spacial score (nSPS) is 22.3. The molecule has 0 radical (unpaired) electrons. The van der Waals surface area contributed by atoms with Gasteiger partial charge in [-0.1, -0.05) is 25.0 Å². The fourth-order valence-corrected chi connectivity index (χ4v) is 3.16. The van der Waals surface area contributed by atoms with Gasteiger partial charge >= 0.3 is 0 Å². The van der Waals surface area contributed by atoms with Gasteiger partial charge in [0.25, 0.3) is 0 Å². The number of carbonyl (C=O) groups is 1. The fourth-order valence-electron chi connectivity index (χ4n) is 3.16. The van der Waals surface area contributed by atoms with Gasteiger partial charge in [0.2, 0.25) is 0 Å². The molecule has 1 heterocycles. The fraction of sp³-hybridized carbons (Fsp3) is 0.611. The van der Waals surface area contributed by atoms with Crippen LogP contribution in [-0.4, -0.2) is 29.3 Å². The lowest BCUT2D eigenvalue weighted by atomic mass is 9.98. The Kier molecular flexibility index (Phi) is 4.98. The van der Waals surface area contributed by atoms with Gasteiger partial charge < -0.3 is 0 Å². The minimum Gasteiger partial charge on any atom is -0.292 e. The third kappa shape index (κ3) is 3.29. The van der Waals surface area contributed by atoms with Crippen LogP contribution in [0.25, 0.3) is 0 Å². The maximum absolute atomic E-state index is 12.7. The molecule has 0 bridgehead atoms. The molecule has 1 saturated heterocycles. The number of ketones is 1. The van der Waals surface area contributed by atoms with Crippen LogP contribution in [0.4, 0.5) is 0 Å². The second-order valence-corrected chi connectivity index (χ2v) is 6.28. The first kappa shape index (κ1) is 15.2. The molecule has 1 fully saturated rings. The van der Waals surface area contributed by atoms with E-state index in [-0.39, 0.29) is 11.8 Å². The number of aryl methyl sites for hydroxylation is 2. The first-order chi connectivity index (χ1) is 9.50. The molecule has 0 saturated carbocycles. The van der Waals surface area contributed by atoms with Crippen molar-refractivity contribution >= 4 is 5.78 Å². The molecule has 0 amide bonds. The minimum absolute atomic E-state index is 0.00907. The van der Waals surface area contributed by atoms with Crippen LogP contribution < -0.4 is 0 Å². The lowest BCUT2D eigenvalue weighted by Gasteiger charge is -2.32. The van der Waals surface area contributed by atoms with Crippen LogP contribution >= 0.6 is 0 Å². The standard InChI is InChI=1S/C18H27NO/c1-13-9-10-17(12-14(13)2)18(20)16(4)19-11-7-5-6-8-15(19)3/h9-10,12,15-16H,5-8,11H2,1-4H3. The van der Waals surface area contributed by atoms with Crippen LogP contribution in [0.2, 0.25) is 0 Å². The third-order valence-corrected chi connectivity index (χ3v) is 4.77. The number of rotatable bonds is 3. The third-order valence-electron chi connectivity index (χ3n) is 4.77. The van der Waals surface area contributed by atoms with Gasteiger partial charge in [0.1, 0.15) is 0 Å². The summed E-state index contributed by atoms with van der Waals surface area (Å²) in [5.41, 5.74) is 3.31. The predicted octanol–water partition coefficient (Wildman–Crippen LogP) is 4.14. The second-order valence-electron chi connectivity index (χ2n) is 6.28. The summed E-state index contributed by atoms with van der Waals surface area (Å²) in [7, 11) is 0. The topological polar surface area (TPSA) is 20.3 Å². The Morgan fingerprint density at radius 3 is 2.65 bits per heavy atom. The summed E-state index contributed by atoms with van der Waals surface area (Å²) in [6.45, 7) is 9.54. The maximum atomic E-state index is 12.7. The molecular formula is C18H27NO. The van der Waals surface area contributed by atoms with Crippen LogP contribution in [-0.2, 0) is 0 Å². The molecule has 2 atom stereocenters. The first-order valence-corrected chi connectivity index (χ1v) is 7.88. The van der Waals surface area contributed by atoms with Crippen LogP contribution in [0.3, 0.4) is 0 Å². The highest BCUT2D eigenvalue weighted by Gasteiger charge is 2.27. The number of likely N-dealkylation sites (tertiary alicyclic amines) is 1. The number of nitrogens with zero attached hydrogens (tertiary/aromatic N) is 1. The molecule has 0 aromatic heterocycles. The van der Waals surface area contributed by atoms with E-state index >= 15 is 0 Å². The molecular weight excluding hydrogens is 246 g/mol. The molecule has 1 aliphatic heterocycles. The molecule has 2 nitrogen and oxygen atoms in total. The van der Waals surface area contributed by atoms with E-state index < -0.39 is 0 Å². The monoisotopic (exact) mass is 273 g/mol. The zero-order valence-electron chi connectivity index (χ0n) is 13.3. The average molecular weight is 273 g/mol. The van der Waals surface area contributed by atoms with Crippen molar-refractivity contribution in [1.29, 1.82) is 0 Å². The van der Waals surface area contributed by atoms with Crippen molar-refractivity contribution in [2.24, 2.45) is 0 Å². The second kappa shape index (κ2) is 6.53. The van der Waals surface area contributed by atoms with Gasteiger partial charge in [-0.15, -0.1) is 0 Å². The molecule has 0 N–H and O–H groups in total. The molecule has 2 unspecified atom stereocenters. The Balaban J connectivity index is 2.16. The molecule has 1 aromatic rings. The minimum atomic E-state index is -0.00907. The Morgan fingerprint density at radius 2 is 1.95 bits per heavy atom. The van der Waals surface area contributed by atoms with Gasteiger partial charge in [-0.05, 0) is 64.3 Å². The van der Waals surface area contributed by atoms with E-state index in [1.807, 2.05) is 12.1 Å². The van der Waals surface area contributed by atoms with Crippen molar-refractivity contribution in [2.45, 2.75) is 65.5 Å². The lowest BCUT2D eigenvalue weighted by Crippen LogP contribution is -2.44. The summed E-state index contributed by atoms with van der Waals surface area (Å²) in [6.07, 6.45) is 5.02. The SMILES string of the molecule is Cc1ccc(C(=O)C(C)N2CCCCCC2C)cc1C. The quantitative estimate of drug-likeness (QED) is 0.771. The molecule has 110 valence electrons. The van der Waals surface area contributed by atoms with Crippen molar-refractivity contribution in [3.8, 4) is 0 Å². The van der Waals surface area contributed by atoms with E-state index in [4.69, 9.17) is 0 Å². The Bertz CT molecular complexity index is 480. The highest BCUT2D eigenvalue weighted by molar-refractivity contribution is 6.00. The number of carbonyl (C=O) groups excluding carboxylic acids is 1. The van der Waals surface area contributed by atoms with Crippen molar-refractivity contribution < 1.29 is 4.79 Å². The molecule has 0 aliphatic carbocycles. The van der Waals surface area contributed by atoms with E-state index in [1.54, 1.807) is 0 Å². The number of hydrogen-bond acceptors (Lipinski definition) is 2. The lowest BCUT2D eigenvalue weighted by molar-refractivity contribution is 0.0780. The molecule has 0 spiro atoms. The van der Waals surface area contributed by atoms with Gasteiger partial charge in [-0.25, -0.2) is 0 Å². The molecule has 2 rings (SSSR count). The zero-order valence-corrected chi connectivity index (χ0v) is 13.3. The number of hydrogen-bond donors (Lipinski definition) is 0. The van der Waals surface area contributed by atoms with Crippen molar-refractivity contribution in [3.63, 3.8) is 0 Å². The van der Waals surface area contributed by atoms with E-state index in [0.29, 0.717) is 6.04 Å². The maximum Gasteiger partial charge on any atom is 0.179 e. The summed E-state index contributed by atoms with van der Waals surface area (Å²) in [6, 6.07) is 6.58. The van der Waals surface area contributed by atoms with E-state index in [9.17, 15) is 4.79 Å². The van der Waals surface area contributed by atoms with Crippen molar-refractivity contribution in [1.82, 2.24) is 4.90 Å². The number of Topliss-reactive ketones (excluding diaryl/α,β-unsaturated/α-hetero) is 1. The summed E-state index contributed by atoms with van der Waals surface area (Å²) >= 11 is 0. The Hall–Kier alpha value is -1.15. The summed E-state index contributed by atoms with van der Waals surface area (Å²) < 4.78 is 0. The van der Waals surface area contributed by atoms with Gasteiger partial charge in [0, 0.05) is 11.6 Å². The van der Waals surface area contributed by atoms with Gasteiger partial charge in [0.15, 0.2) is 5.78 Å². The zero-order chi connectivity index (χ0) is 14.7.